The molecule has 0 radical (unpaired) electrons. The Morgan fingerprint density at radius 3 is 2.23 bits per heavy atom. The van der Waals surface area contributed by atoms with E-state index in [9.17, 15) is 14.4 Å². The molecule has 2 heterocycles. The number of nitrogens with one attached hydrogen (secondary N) is 1. The van der Waals surface area contributed by atoms with Crippen molar-refractivity contribution in [2.24, 2.45) is 5.92 Å². The molecule has 0 spiro atoms. The molecule has 1 unspecified atom stereocenters. The molecule has 0 aromatic carbocycles. The van der Waals surface area contributed by atoms with Crippen LogP contribution < -0.4 is 10.9 Å². The van der Waals surface area contributed by atoms with E-state index in [1.807, 2.05) is 0 Å². The summed E-state index contributed by atoms with van der Waals surface area (Å²) in [5.74, 6) is -1.33. The van der Waals surface area contributed by atoms with E-state index in [0.29, 0.717) is 22.7 Å². The molecule has 0 aliphatic carbocycles. The van der Waals surface area contributed by atoms with Crippen LogP contribution in [0.25, 0.3) is 5.03 Å². The van der Waals surface area contributed by atoms with Crippen molar-refractivity contribution in [3.8, 4) is 0 Å². The summed E-state index contributed by atoms with van der Waals surface area (Å²) in [6.07, 6.45) is 1.46. The molecule has 0 amide bonds. The third kappa shape index (κ3) is 5.24. The number of halogens is 2. The summed E-state index contributed by atoms with van der Waals surface area (Å²) in [5, 5.41) is 3.15. The highest BCUT2D eigenvalue weighted by molar-refractivity contribution is 6.50. The number of ether oxygens (including phenoxy) is 1. The Labute approximate surface area is 185 Å². The number of hydrogen-bond donors (Lipinski definition) is 1. The van der Waals surface area contributed by atoms with Gasteiger partial charge in [0.2, 0.25) is 0 Å². The quantitative estimate of drug-likeness (QED) is 0.653. The zero-order chi connectivity index (χ0) is 23.0. The first-order valence-electron chi connectivity index (χ1n) is 9.33. The molecule has 6 nitrogen and oxygen atoms in total. The number of dihydropyridines is 1. The first-order valence-corrected chi connectivity index (χ1v) is 10.1. The van der Waals surface area contributed by atoms with Crippen molar-refractivity contribution < 1.29 is 18.7 Å². The van der Waals surface area contributed by atoms with E-state index < -0.39 is 23.1 Å². The topological polar surface area (TPSA) is 85.6 Å². The van der Waals surface area contributed by atoms with Crippen molar-refractivity contribution in [3.63, 3.8) is 0 Å². The number of aryl methyl sites for hydroxylation is 1. The fourth-order valence-electron chi connectivity index (χ4n) is 3.31. The van der Waals surface area contributed by atoms with Crippen LogP contribution in [0.15, 0.2) is 43.9 Å². The van der Waals surface area contributed by atoms with Crippen molar-refractivity contribution >= 4 is 40.0 Å². The number of Topliss-reactive ketones (excluding diaryl/α,β-unsaturated/α-hetero) is 1. The lowest BCUT2D eigenvalue weighted by atomic mass is 9.83. The Morgan fingerprint density at radius 2 is 1.73 bits per heavy atom. The lowest BCUT2D eigenvalue weighted by Gasteiger charge is -2.30. The number of allylic oxidation sites excluding steroid dienone is 4. The summed E-state index contributed by atoms with van der Waals surface area (Å²) in [5.41, 5.74) is 0.193. The van der Waals surface area contributed by atoms with Crippen molar-refractivity contribution in [1.29, 1.82) is 0 Å². The van der Waals surface area contributed by atoms with Crippen LogP contribution in [0.5, 0.6) is 0 Å². The van der Waals surface area contributed by atoms with E-state index in [0.717, 1.165) is 0 Å². The second kappa shape index (κ2) is 8.82. The van der Waals surface area contributed by atoms with E-state index in [2.05, 4.69) is 5.32 Å². The lowest BCUT2D eigenvalue weighted by molar-refractivity contribution is -0.150. The molecular formula is C22H25Cl2NO5. The summed E-state index contributed by atoms with van der Waals surface area (Å²) in [7, 11) is 0. The van der Waals surface area contributed by atoms with Crippen LogP contribution in [0.3, 0.4) is 0 Å². The van der Waals surface area contributed by atoms with Gasteiger partial charge in [-0.15, -0.1) is 0 Å². The molecule has 0 saturated heterocycles. The number of carbonyl (C=O) groups excluding carboxylic acids is 2. The summed E-state index contributed by atoms with van der Waals surface area (Å²) >= 11 is 12.7. The maximum absolute atomic E-state index is 13.0. The summed E-state index contributed by atoms with van der Waals surface area (Å²) in [6.45, 7) is 11.7. The summed E-state index contributed by atoms with van der Waals surface area (Å²) in [6, 6.07) is 1.47. The SMILES string of the molecule is CC(=O)C1=C(C)NC(C)=C(C(=O)OC(C)(C)C)C1/C=C(\Cl)c1c(Cl)cc(C)oc1=O. The van der Waals surface area contributed by atoms with E-state index in [1.165, 1.54) is 19.1 Å². The van der Waals surface area contributed by atoms with Crippen molar-refractivity contribution in [1.82, 2.24) is 5.32 Å². The highest BCUT2D eigenvalue weighted by atomic mass is 35.5. The van der Waals surface area contributed by atoms with E-state index in [4.69, 9.17) is 32.4 Å². The molecule has 1 aliphatic heterocycles. The van der Waals surface area contributed by atoms with Gasteiger partial charge in [-0.05, 0) is 54.5 Å². The molecule has 0 fully saturated rings. The smallest absolute Gasteiger partial charge is 0.346 e. The van der Waals surface area contributed by atoms with Gasteiger partial charge in [0.05, 0.1) is 21.2 Å². The fourth-order valence-corrected chi connectivity index (χ4v) is 3.99. The molecular weight excluding hydrogens is 429 g/mol. The van der Waals surface area contributed by atoms with Gasteiger partial charge in [0.25, 0.3) is 0 Å². The Morgan fingerprint density at radius 1 is 1.17 bits per heavy atom. The zero-order valence-corrected chi connectivity index (χ0v) is 19.5. The number of rotatable bonds is 4. The Hall–Kier alpha value is -2.31. The Bertz CT molecular complexity index is 1050. The third-order valence-corrected chi connectivity index (χ3v) is 4.99. The van der Waals surface area contributed by atoms with E-state index >= 15 is 0 Å². The molecule has 1 aliphatic rings. The molecule has 30 heavy (non-hydrogen) atoms. The van der Waals surface area contributed by atoms with Crippen LogP contribution in [0.2, 0.25) is 5.02 Å². The number of esters is 1. The highest BCUT2D eigenvalue weighted by Gasteiger charge is 2.35. The molecule has 1 aromatic heterocycles. The predicted molar refractivity (Wildman–Crippen MR) is 117 cm³/mol. The van der Waals surface area contributed by atoms with Gasteiger partial charge in [-0.25, -0.2) is 9.59 Å². The summed E-state index contributed by atoms with van der Waals surface area (Å²) < 4.78 is 10.6. The van der Waals surface area contributed by atoms with Gasteiger partial charge in [0.15, 0.2) is 5.78 Å². The van der Waals surface area contributed by atoms with Crippen LogP contribution in [-0.2, 0) is 14.3 Å². The summed E-state index contributed by atoms with van der Waals surface area (Å²) in [4.78, 5) is 37.7. The van der Waals surface area contributed by atoms with Crippen LogP contribution in [0.1, 0.15) is 52.9 Å². The number of ketones is 1. The first-order chi connectivity index (χ1) is 13.7. The Kier molecular flexibility index (Phi) is 7.05. The second-order valence-corrected chi connectivity index (χ2v) is 8.93. The Balaban J connectivity index is 2.69. The van der Waals surface area contributed by atoms with Crippen molar-refractivity contribution in [3.05, 3.63) is 61.4 Å². The minimum Gasteiger partial charge on any atom is -0.457 e. The lowest BCUT2D eigenvalue weighted by Crippen LogP contribution is -2.34. The first kappa shape index (κ1) is 24.0. The second-order valence-electron chi connectivity index (χ2n) is 8.12. The molecule has 162 valence electrons. The maximum Gasteiger partial charge on any atom is 0.346 e. The molecule has 1 aromatic rings. The molecule has 1 atom stereocenters. The molecule has 1 N–H and O–H groups in total. The van der Waals surface area contributed by atoms with Gasteiger partial charge in [0, 0.05) is 22.9 Å². The normalized spacial score (nSPS) is 17.8. The largest absolute Gasteiger partial charge is 0.457 e. The van der Waals surface area contributed by atoms with Crippen LogP contribution in [0, 0.1) is 12.8 Å². The van der Waals surface area contributed by atoms with E-state index in [-0.39, 0.29) is 27.0 Å². The number of hydrogen-bond acceptors (Lipinski definition) is 6. The fraction of sp³-hybridized carbons (Fsp3) is 0.409. The predicted octanol–water partition coefficient (Wildman–Crippen LogP) is 4.88. The average molecular weight is 454 g/mol. The van der Waals surface area contributed by atoms with Crippen LogP contribution in [0.4, 0.5) is 0 Å². The minimum atomic E-state index is -0.831. The van der Waals surface area contributed by atoms with Crippen LogP contribution >= 0.6 is 23.2 Å². The van der Waals surface area contributed by atoms with Crippen molar-refractivity contribution in [2.75, 3.05) is 0 Å². The number of carbonyl (C=O) groups is 2. The third-order valence-electron chi connectivity index (χ3n) is 4.38. The maximum atomic E-state index is 13.0. The molecule has 8 heteroatoms. The van der Waals surface area contributed by atoms with Gasteiger partial charge in [0.1, 0.15) is 11.4 Å². The van der Waals surface area contributed by atoms with Gasteiger partial charge >= 0.3 is 11.6 Å². The minimum absolute atomic E-state index is 0.0268. The van der Waals surface area contributed by atoms with E-state index in [1.54, 1.807) is 41.5 Å². The van der Waals surface area contributed by atoms with Gasteiger partial charge in [-0.2, -0.15) is 0 Å². The monoisotopic (exact) mass is 453 g/mol. The molecule has 0 bridgehead atoms. The standard InChI is InChI=1S/C22H25Cl2NO5/c1-10-8-15(23)19(20(27)29-10)16(24)9-14-17(13(4)26)11(2)25-12(3)18(14)21(28)30-22(5,6)7/h8-9,14,25H,1-7H3/b16-9-. The average Bonchev–Trinajstić information content (AvgIpc) is 2.50. The van der Waals surface area contributed by atoms with Gasteiger partial charge in [-0.1, -0.05) is 29.3 Å². The zero-order valence-electron chi connectivity index (χ0n) is 18.0. The molecule has 0 saturated carbocycles. The van der Waals surface area contributed by atoms with Gasteiger partial charge in [-0.3, -0.25) is 4.79 Å². The van der Waals surface area contributed by atoms with Gasteiger partial charge < -0.3 is 14.5 Å². The van der Waals surface area contributed by atoms with Crippen LogP contribution in [-0.4, -0.2) is 17.4 Å². The highest BCUT2D eigenvalue weighted by Crippen LogP contribution is 2.36. The van der Waals surface area contributed by atoms with Crippen molar-refractivity contribution in [2.45, 2.75) is 54.1 Å². The molecule has 2 rings (SSSR count).